The van der Waals surface area contributed by atoms with Gasteiger partial charge in [-0.15, -0.1) is 0 Å². The number of hydrogen-bond donors (Lipinski definition) is 1. The minimum atomic E-state index is -0.444. The van der Waals surface area contributed by atoms with Crippen molar-refractivity contribution >= 4 is 6.09 Å². The van der Waals surface area contributed by atoms with Gasteiger partial charge in [0.1, 0.15) is 5.60 Å². The van der Waals surface area contributed by atoms with Crippen LogP contribution in [-0.4, -0.2) is 35.7 Å². The minimum Gasteiger partial charge on any atom is -0.444 e. The number of likely N-dealkylation sites (tertiary alicyclic amines) is 1. The predicted molar refractivity (Wildman–Crippen MR) is 88.7 cm³/mol. The Morgan fingerprint density at radius 1 is 1.27 bits per heavy atom. The molecule has 1 N–H and O–H groups in total. The van der Waals surface area contributed by atoms with Crippen LogP contribution < -0.4 is 5.32 Å². The summed E-state index contributed by atoms with van der Waals surface area (Å²) in [6.07, 6.45) is 3.27. The zero-order valence-electron chi connectivity index (χ0n) is 14.0. The Kier molecular flexibility index (Phi) is 5.83. The van der Waals surface area contributed by atoms with E-state index >= 15 is 0 Å². The minimum absolute atomic E-state index is 0.322. The van der Waals surface area contributed by atoms with Crippen molar-refractivity contribution in [3.05, 3.63) is 35.9 Å². The Morgan fingerprint density at radius 2 is 2.00 bits per heavy atom. The van der Waals surface area contributed by atoms with E-state index in [2.05, 4.69) is 34.5 Å². The van der Waals surface area contributed by atoms with Crippen molar-refractivity contribution in [2.75, 3.05) is 13.1 Å². The van der Waals surface area contributed by atoms with Crippen LogP contribution in [0.5, 0.6) is 0 Å². The number of alkyl carbamates (subject to hydrolysis) is 1. The molecule has 2 rings (SSSR count). The van der Waals surface area contributed by atoms with E-state index < -0.39 is 5.60 Å². The summed E-state index contributed by atoms with van der Waals surface area (Å²) in [5.41, 5.74) is 0.882. The molecule has 4 nitrogen and oxygen atoms in total. The average molecular weight is 304 g/mol. The molecule has 4 heteroatoms. The van der Waals surface area contributed by atoms with Gasteiger partial charge in [-0.3, -0.25) is 4.90 Å². The normalized spacial score (nSPS) is 19.7. The van der Waals surface area contributed by atoms with Gasteiger partial charge in [0.05, 0.1) is 0 Å². The molecule has 1 fully saturated rings. The third-order valence-electron chi connectivity index (χ3n) is 3.86. The smallest absolute Gasteiger partial charge is 0.407 e. The second kappa shape index (κ2) is 7.63. The largest absolute Gasteiger partial charge is 0.444 e. The third kappa shape index (κ3) is 5.68. The molecule has 1 aliphatic rings. The maximum absolute atomic E-state index is 11.8. The number of rotatable bonds is 4. The van der Waals surface area contributed by atoms with Crippen LogP contribution in [-0.2, 0) is 11.3 Å². The van der Waals surface area contributed by atoms with Crippen LogP contribution in [0.25, 0.3) is 0 Å². The van der Waals surface area contributed by atoms with Gasteiger partial charge in [0.15, 0.2) is 0 Å². The van der Waals surface area contributed by atoms with Crippen LogP contribution in [0.3, 0.4) is 0 Å². The number of amides is 1. The van der Waals surface area contributed by atoms with Crippen LogP contribution in [0.2, 0.25) is 0 Å². The first-order valence-corrected chi connectivity index (χ1v) is 8.19. The van der Waals surface area contributed by atoms with E-state index in [0.29, 0.717) is 12.6 Å². The predicted octanol–water partition coefficient (Wildman–Crippen LogP) is 3.57. The Hall–Kier alpha value is -1.55. The van der Waals surface area contributed by atoms with Crippen molar-refractivity contribution in [2.24, 2.45) is 0 Å². The number of nitrogens with zero attached hydrogens (tertiary/aromatic N) is 1. The van der Waals surface area contributed by atoms with Crippen LogP contribution in [0.1, 0.15) is 45.6 Å². The fraction of sp³-hybridized carbons (Fsp3) is 0.611. The van der Waals surface area contributed by atoms with E-state index in [0.717, 1.165) is 19.5 Å². The van der Waals surface area contributed by atoms with E-state index in [1.807, 2.05) is 26.8 Å². The lowest BCUT2D eigenvalue weighted by atomic mass is 10.0. The molecule has 0 aromatic heterocycles. The van der Waals surface area contributed by atoms with Gasteiger partial charge in [-0.05, 0) is 45.7 Å². The SMILES string of the molecule is CC(C)(C)OC(=O)NC[C@H]1CCCCN1Cc1ccccc1. The molecule has 1 amide bonds. The standard InChI is InChI=1S/C18H28N2O2/c1-18(2,3)22-17(21)19-13-16-11-7-8-12-20(16)14-15-9-5-4-6-10-15/h4-6,9-10,16H,7-8,11-14H2,1-3H3,(H,19,21)/t16-/m1/s1. The van der Waals surface area contributed by atoms with Gasteiger partial charge >= 0.3 is 6.09 Å². The average Bonchev–Trinajstić information content (AvgIpc) is 2.46. The van der Waals surface area contributed by atoms with Crippen LogP contribution >= 0.6 is 0 Å². The van der Waals surface area contributed by atoms with Gasteiger partial charge < -0.3 is 10.1 Å². The van der Waals surface area contributed by atoms with Gasteiger partial charge in [0.2, 0.25) is 0 Å². The molecule has 0 aliphatic carbocycles. The fourth-order valence-corrected chi connectivity index (χ4v) is 2.83. The molecule has 1 aromatic rings. The highest BCUT2D eigenvalue weighted by Crippen LogP contribution is 2.19. The summed E-state index contributed by atoms with van der Waals surface area (Å²) >= 11 is 0. The van der Waals surface area contributed by atoms with Crippen molar-refractivity contribution in [3.63, 3.8) is 0 Å². The molecule has 1 heterocycles. The molecule has 122 valence electrons. The summed E-state index contributed by atoms with van der Waals surface area (Å²) in [4.78, 5) is 14.3. The molecule has 0 unspecified atom stereocenters. The van der Waals surface area contributed by atoms with E-state index in [1.54, 1.807) is 0 Å². The second-order valence-corrected chi connectivity index (χ2v) is 6.99. The molecule has 0 saturated carbocycles. The van der Waals surface area contributed by atoms with Crippen molar-refractivity contribution in [1.29, 1.82) is 0 Å². The Balaban J connectivity index is 1.86. The van der Waals surface area contributed by atoms with Crippen molar-refractivity contribution in [2.45, 2.75) is 58.2 Å². The van der Waals surface area contributed by atoms with Gasteiger partial charge in [-0.25, -0.2) is 4.79 Å². The maximum atomic E-state index is 11.8. The number of ether oxygens (including phenoxy) is 1. The lowest BCUT2D eigenvalue weighted by molar-refractivity contribution is 0.0492. The summed E-state index contributed by atoms with van der Waals surface area (Å²) in [5, 5.41) is 2.92. The second-order valence-electron chi connectivity index (χ2n) is 6.99. The molecule has 1 aliphatic heterocycles. The fourth-order valence-electron chi connectivity index (χ4n) is 2.83. The highest BCUT2D eigenvalue weighted by molar-refractivity contribution is 5.67. The highest BCUT2D eigenvalue weighted by atomic mass is 16.6. The molecule has 0 spiro atoms. The molecule has 0 radical (unpaired) electrons. The lowest BCUT2D eigenvalue weighted by Gasteiger charge is -2.36. The number of benzene rings is 1. The molecule has 22 heavy (non-hydrogen) atoms. The first-order chi connectivity index (χ1) is 10.4. The summed E-state index contributed by atoms with van der Waals surface area (Å²) in [6, 6.07) is 10.9. The lowest BCUT2D eigenvalue weighted by Crippen LogP contribution is -2.47. The zero-order valence-corrected chi connectivity index (χ0v) is 14.0. The van der Waals surface area contributed by atoms with Crippen molar-refractivity contribution in [1.82, 2.24) is 10.2 Å². The van der Waals surface area contributed by atoms with Gasteiger partial charge in [-0.1, -0.05) is 36.8 Å². The number of carbonyl (C=O) groups is 1. The van der Waals surface area contributed by atoms with E-state index in [9.17, 15) is 4.79 Å². The number of nitrogens with one attached hydrogen (secondary N) is 1. The summed E-state index contributed by atoms with van der Waals surface area (Å²) in [7, 11) is 0. The first-order valence-electron chi connectivity index (χ1n) is 8.19. The van der Waals surface area contributed by atoms with Gasteiger partial charge in [0.25, 0.3) is 0 Å². The monoisotopic (exact) mass is 304 g/mol. The van der Waals surface area contributed by atoms with Gasteiger partial charge in [0, 0.05) is 19.1 Å². The zero-order chi connectivity index (χ0) is 16.0. The first kappa shape index (κ1) is 16.8. The maximum Gasteiger partial charge on any atom is 0.407 e. The molecule has 1 aromatic carbocycles. The molecule has 1 atom stereocenters. The summed E-state index contributed by atoms with van der Waals surface area (Å²) in [5.74, 6) is 0. The van der Waals surface area contributed by atoms with E-state index in [4.69, 9.17) is 4.74 Å². The van der Waals surface area contributed by atoms with E-state index in [-0.39, 0.29) is 6.09 Å². The van der Waals surface area contributed by atoms with E-state index in [1.165, 1.54) is 18.4 Å². The number of piperidine rings is 1. The summed E-state index contributed by atoms with van der Waals surface area (Å²) in [6.45, 7) is 8.34. The highest BCUT2D eigenvalue weighted by Gasteiger charge is 2.24. The Labute approximate surface area is 133 Å². The molecular formula is C18H28N2O2. The van der Waals surface area contributed by atoms with Crippen molar-refractivity contribution in [3.8, 4) is 0 Å². The molecule has 0 bridgehead atoms. The topological polar surface area (TPSA) is 41.6 Å². The Morgan fingerprint density at radius 3 is 2.68 bits per heavy atom. The quantitative estimate of drug-likeness (QED) is 0.924. The van der Waals surface area contributed by atoms with Crippen LogP contribution in [0.4, 0.5) is 4.79 Å². The van der Waals surface area contributed by atoms with Crippen LogP contribution in [0.15, 0.2) is 30.3 Å². The van der Waals surface area contributed by atoms with Gasteiger partial charge in [-0.2, -0.15) is 0 Å². The third-order valence-corrected chi connectivity index (χ3v) is 3.86. The number of hydrogen-bond acceptors (Lipinski definition) is 3. The Bertz CT molecular complexity index is 468. The summed E-state index contributed by atoms with van der Waals surface area (Å²) < 4.78 is 5.31. The number of carbonyl (C=O) groups excluding carboxylic acids is 1. The molecular weight excluding hydrogens is 276 g/mol. The molecule has 1 saturated heterocycles. The van der Waals surface area contributed by atoms with Crippen molar-refractivity contribution < 1.29 is 9.53 Å². The van der Waals surface area contributed by atoms with Crippen LogP contribution in [0, 0.1) is 0 Å².